The van der Waals surface area contributed by atoms with E-state index < -0.39 is 10.9 Å². The Morgan fingerprint density at radius 1 is 1.50 bits per heavy atom. The van der Waals surface area contributed by atoms with Gasteiger partial charge < -0.3 is 10.0 Å². The smallest absolute Gasteiger partial charge is 0.328 e. The molecule has 0 amide bonds. The molecule has 0 saturated carbocycles. The lowest BCUT2D eigenvalue weighted by molar-refractivity contribution is -0.384. The van der Waals surface area contributed by atoms with Gasteiger partial charge in [0.15, 0.2) is 0 Å². The summed E-state index contributed by atoms with van der Waals surface area (Å²) < 4.78 is 0. The predicted molar refractivity (Wildman–Crippen MR) is 77.9 cm³/mol. The molecule has 0 aliphatic rings. The Bertz CT molecular complexity index is 538. The van der Waals surface area contributed by atoms with Crippen LogP contribution in [0.15, 0.2) is 24.3 Å². The van der Waals surface area contributed by atoms with Crippen LogP contribution in [-0.4, -0.2) is 28.6 Å². The molecule has 0 heterocycles. The number of anilines is 1. The second-order valence-corrected chi connectivity index (χ2v) is 4.56. The number of carboxylic acids is 1. The fourth-order valence-electron chi connectivity index (χ4n) is 2.01. The van der Waals surface area contributed by atoms with Crippen molar-refractivity contribution in [3.05, 3.63) is 40.0 Å². The Morgan fingerprint density at radius 2 is 2.15 bits per heavy atom. The molecule has 0 saturated heterocycles. The maximum Gasteiger partial charge on any atom is 0.328 e. The third-order valence-electron chi connectivity index (χ3n) is 2.89. The topological polar surface area (TPSA) is 83.7 Å². The summed E-state index contributed by atoms with van der Waals surface area (Å²) in [5, 5.41) is 19.8. The van der Waals surface area contributed by atoms with Crippen LogP contribution in [0.2, 0.25) is 0 Å². The number of benzene rings is 1. The fourth-order valence-corrected chi connectivity index (χ4v) is 2.01. The van der Waals surface area contributed by atoms with Gasteiger partial charge in [-0.1, -0.05) is 6.07 Å². The van der Waals surface area contributed by atoms with Crippen LogP contribution < -0.4 is 4.90 Å². The molecule has 1 aromatic carbocycles. The summed E-state index contributed by atoms with van der Waals surface area (Å²) in [6.07, 6.45) is 2.30. The van der Waals surface area contributed by atoms with Crippen molar-refractivity contribution in [1.29, 1.82) is 0 Å². The molecule has 20 heavy (non-hydrogen) atoms. The summed E-state index contributed by atoms with van der Waals surface area (Å²) in [5.74, 6) is -1.09. The third kappa shape index (κ3) is 3.81. The van der Waals surface area contributed by atoms with Crippen molar-refractivity contribution in [2.24, 2.45) is 0 Å². The number of aliphatic carboxylic acids is 1. The lowest BCUT2D eigenvalue weighted by Gasteiger charge is -2.27. The molecule has 0 aliphatic carbocycles. The van der Waals surface area contributed by atoms with Crippen LogP contribution in [0.25, 0.3) is 6.08 Å². The zero-order chi connectivity index (χ0) is 15.3. The SMILES string of the molecule is CCN(c1ccc(/C=C/C(=O)O)cc1[N+](=O)[O-])C(C)C. The van der Waals surface area contributed by atoms with Crippen molar-refractivity contribution >= 4 is 23.4 Å². The minimum absolute atomic E-state index is 0.0203. The number of hydrogen-bond donors (Lipinski definition) is 1. The average molecular weight is 278 g/mol. The Morgan fingerprint density at radius 3 is 2.60 bits per heavy atom. The molecule has 1 N–H and O–H groups in total. The molecule has 1 rings (SSSR count). The summed E-state index contributed by atoms with van der Waals surface area (Å²) >= 11 is 0. The Kier molecular flexibility index (Phi) is 5.25. The first-order valence-corrected chi connectivity index (χ1v) is 6.33. The molecule has 0 bridgehead atoms. The molecule has 0 radical (unpaired) electrons. The van der Waals surface area contributed by atoms with Crippen molar-refractivity contribution in [3.63, 3.8) is 0 Å². The van der Waals surface area contributed by atoms with Gasteiger partial charge in [-0.2, -0.15) is 0 Å². The minimum atomic E-state index is -1.09. The first-order chi connectivity index (χ1) is 9.36. The van der Waals surface area contributed by atoms with Crippen LogP contribution in [0.1, 0.15) is 26.3 Å². The van der Waals surface area contributed by atoms with Gasteiger partial charge >= 0.3 is 5.97 Å². The number of nitrogens with zero attached hydrogens (tertiary/aromatic N) is 2. The van der Waals surface area contributed by atoms with Crippen LogP contribution >= 0.6 is 0 Å². The summed E-state index contributed by atoms with van der Waals surface area (Å²) in [4.78, 5) is 23.1. The van der Waals surface area contributed by atoms with E-state index >= 15 is 0 Å². The first-order valence-electron chi connectivity index (χ1n) is 6.33. The molecule has 0 fully saturated rings. The van der Waals surface area contributed by atoms with Crippen molar-refractivity contribution in [2.45, 2.75) is 26.8 Å². The second-order valence-electron chi connectivity index (χ2n) is 4.56. The van der Waals surface area contributed by atoms with Gasteiger partial charge in [-0.05, 0) is 38.5 Å². The highest BCUT2D eigenvalue weighted by Crippen LogP contribution is 2.30. The Hall–Kier alpha value is -2.37. The number of nitro groups is 1. The lowest BCUT2D eigenvalue weighted by Crippen LogP contribution is -2.30. The normalized spacial score (nSPS) is 11.0. The van der Waals surface area contributed by atoms with Gasteiger partial charge in [-0.3, -0.25) is 10.1 Å². The average Bonchev–Trinajstić information content (AvgIpc) is 2.37. The molecule has 0 atom stereocenters. The van der Waals surface area contributed by atoms with E-state index in [1.165, 1.54) is 12.1 Å². The van der Waals surface area contributed by atoms with E-state index in [0.29, 0.717) is 17.8 Å². The van der Waals surface area contributed by atoms with E-state index in [4.69, 9.17) is 5.11 Å². The highest BCUT2D eigenvalue weighted by Gasteiger charge is 2.20. The van der Waals surface area contributed by atoms with Crippen molar-refractivity contribution < 1.29 is 14.8 Å². The molecule has 6 nitrogen and oxygen atoms in total. The van der Waals surface area contributed by atoms with E-state index in [2.05, 4.69) is 0 Å². The standard InChI is InChI=1S/C14H18N2O4/c1-4-15(10(2)3)12-7-5-11(6-8-14(17)18)9-13(12)16(19)20/h5-10H,4H2,1-3H3,(H,17,18)/b8-6+. The lowest BCUT2D eigenvalue weighted by atomic mass is 10.1. The van der Waals surface area contributed by atoms with Crippen LogP contribution in [0.5, 0.6) is 0 Å². The second kappa shape index (κ2) is 6.70. The number of nitro benzene ring substituents is 1. The molecule has 6 heteroatoms. The van der Waals surface area contributed by atoms with Crippen LogP contribution in [0.3, 0.4) is 0 Å². The van der Waals surface area contributed by atoms with Crippen LogP contribution in [-0.2, 0) is 4.79 Å². The first kappa shape index (κ1) is 15.7. The molecule has 0 aliphatic heterocycles. The van der Waals surface area contributed by atoms with E-state index in [1.54, 1.807) is 12.1 Å². The van der Waals surface area contributed by atoms with E-state index in [-0.39, 0.29) is 11.7 Å². The number of carbonyl (C=O) groups is 1. The van der Waals surface area contributed by atoms with Crippen LogP contribution in [0.4, 0.5) is 11.4 Å². The van der Waals surface area contributed by atoms with Crippen molar-refractivity contribution in [2.75, 3.05) is 11.4 Å². The van der Waals surface area contributed by atoms with Gasteiger partial charge in [-0.25, -0.2) is 4.79 Å². The van der Waals surface area contributed by atoms with Crippen molar-refractivity contribution in [3.8, 4) is 0 Å². The summed E-state index contributed by atoms with van der Waals surface area (Å²) in [6.45, 7) is 6.52. The largest absolute Gasteiger partial charge is 0.478 e. The third-order valence-corrected chi connectivity index (χ3v) is 2.89. The molecule has 108 valence electrons. The zero-order valence-electron chi connectivity index (χ0n) is 11.7. The molecule has 0 unspecified atom stereocenters. The summed E-state index contributed by atoms with van der Waals surface area (Å²) in [6, 6.07) is 4.86. The van der Waals surface area contributed by atoms with Crippen LogP contribution in [0, 0.1) is 10.1 Å². The van der Waals surface area contributed by atoms with Gasteiger partial charge in [0, 0.05) is 24.7 Å². The fraction of sp³-hybridized carbons (Fsp3) is 0.357. The quantitative estimate of drug-likeness (QED) is 0.491. The maximum atomic E-state index is 11.2. The maximum absolute atomic E-state index is 11.2. The summed E-state index contributed by atoms with van der Waals surface area (Å²) in [7, 11) is 0. The van der Waals surface area contributed by atoms with Crippen molar-refractivity contribution in [1.82, 2.24) is 0 Å². The zero-order valence-corrected chi connectivity index (χ0v) is 11.7. The highest BCUT2D eigenvalue weighted by atomic mass is 16.6. The predicted octanol–water partition coefficient (Wildman–Crippen LogP) is 2.93. The van der Waals surface area contributed by atoms with E-state index in [1.807, 2.05) is 25.7 Å². The molecule has 1 aromatic rings. The van der Waals surface area contributed by atoms with Gasteiger partial charge in [0.25, 0.3) is 5.69 Å². The van der Waals surface area contributed by atoms with Gasteiger partial charge in [0.05, 0.1) is 4.92 Å². The Labute approximate surface area is 117 Å². The van der Waals surface area contributed by atoms with Gasteiger partial charge in [0.2, 0.25) is 0 Å². The molecule has 0 spiro atoms. The summed E-state index contributed by atoms with van der Waals surface area (Å²) in [5.41, 5.74) is 1.01. The van der Waals surface area contributed by atoms with E-state index in [0.717, 1.165) is 6.08 Å². The minimum Gasteiger partial charge on any atom is -0.478 e. The number of rotatable bonds is 6. The molecule has 0 aromatic heterocycles. The highest BCUT2D eigenvalue weighted by molar-refractivity contribution is 5.85. The molecular weight excluding hydrogens is 260 g/mol. The monoisotopic (exact) mass is 278 g/mol. The van der Waals surface area contributed by atoms with Gasteiger partial charge in [-0.15, -0.1) is 0 Å². The van der Waals surface area contributed by atoms with E-state index in [9.17, 15) is 14.9 Å². The Balaban J connectivity index is 3.27. The number of hydrogen-bond acceptors (Lipinski definition) is 4. The molecular formula is C14H18N2O4. The number of carboxylic acid groups (broad SMARTS) is 1. The van der Waals surface area contributed by atoms with Gasteiger partial charge in [0.1, 0.15) is 5.69 Å².